The van der Waals surface area contributed by atoms with Crippen molar-refractivity contribution in [2.45, 2.75) is 12.3 Å². The molecule has 1 aromatic heterocycles. The van der Waals surface area contributed by atoms with Gasteiger partial charge in [0.15, 0.2) is 0 Å². The topological polar surface area (TPSA) is 49.6 Å². The van der Waals surface area contributed by atoms with Gasteiger partial charge in [-0.3, -0.25) is 5.32 Å². The molecule has 11 rings (SSSR count). The van der Waals surface area contributed by atoms with Gasteiger partial charge >= 0.3 is 0 Å². The van der Waals surface area contributed by atoms with Crippen LogP contribution in [0.5, 0.6) is 0 Å². The highest BCUT2D eigenvalue weighted by atomic mass is 16.3. The monoisotopic (exact) mass is 679 g/mol. The van der Waals surface area contributed by atoms with Gasteiger partial charge in [-0.25, -0.2) is 4.99 Å². The Bertz CT molecular complexity index is 3100. The van der Waals surface area contributed by atoms with Gasteiger partial charge in [-0.05, 0) is 102 Å². The molecule has 0 radical (unpaired) electrons. The van der Waals surface area contributed by atoms with Crippen LogP contribution in [0, 0.1) is 0 Å². The standard InChI is InChI=1S/C49H33N3O/c1-2-10-32-27-37(22-16-30(32)8-1)47-50-48(52-49(51-47)39-24-25-41-35(29-39)20-17-31-9-3-4-11-40(31)41)38-23-19-33-26-36(21-18-34(33)28-38)42-13-7-15-45-46(42)43-12-5-6-14-44(43)53-45/h1-29,47-48,50H,(H,51,52). The number of hydrogen-bond donors (Lipinski definition) is 2. The van der Waals surface area contributed by atoms with E-state index in [-0.39, 0.29) is 12.3 Å². The number of benzene rings is 9. The highest BCUT2D eigenvalue weighted by molar-refractivity contribution is 6.13. The molecule has 0 bridgehead atoms. The molecular weight excluding hydrogens is 647 g/mol. The molecule has 2 atom stereocenters. The smallest absolute Gasteiger partial charge is 0.136 e. The molecule has 2 unspecified atom stereocenters. The Hall–Kier alpha value is -6.75. The Morgan fingerprint density at radius 2 is 1.06 bits per heavy atom. The number of aliphatic imine (C=N–C) groups is 1. The lowest BCUT2D eigenvalue weighted by atomic mass is 9.96. The molecule has 9 aromatic carbocycles. The van der Waals surface area contributed by atoms with Gasteiger partial charge < -0.3 is 9.73 Å². The number of amidine groups is 1. The van der Waals surface area contributed by atoms with Gasteiger partial charge in [-0.15, -0.1) is 0 Å². The van der Waals surface area contributed by atoms with Crippen LogP contribution < -0.4 is 10.6 Å². The van der Waals surface area contributed by atoms with E-state index in [0.29, 0.717) is 0 Å². The molecule has 0 saturated heterocycles. The second-order valence-corrected chi connectivity index (χ2v) is 14.1. The lowest BCUT2D eigenvalue weighted by molar-refractivity contribution is 0.409. The van der Waals surface area contributed by atoms with Gasteiger partial charge in [0.1, 0.15) is 29.3 Å². The van der Waals surface area contributed by atoms with Crippen molar-refractivity contribution < 1.29 is 4.42 Å². The summed E-state index contributed by atoms with van der Waals surface area (Å²) >= 11 is 0. The van der Waals surface area contributed by atoms with E-state index in [2.05, 4.69) is 174 Å². The number of furan rings is 1. The van der Waals surface area contributed by atoms with Crippen LogP contribution in [0.1, 0.15) is 29.0 Å². The van der Waals surface area contributed by atoms with E-state index in [0.717, 1.165) is 44.5 Å². The summed E-state index contributed by atoms with van der Waals surface area (Å²) in [5.41, 5.74) is 7.52. The van der Waals surface area contributed by atoms with Crippen molar-refractivity contribution in [2.75, 3.05) is 0 Å². The zero-order valence-corrected chi connectivity index (χ0v) is 28.8. The molecule has 0 aliphatic carbocycles. The summed E-state index contributed by atoms with van der Waals surface area (Å²) in [6.45, 7) is 0. The number of hydrogen-bond acceptors (Lipinski definition) is 4. The van der Waals surface area contributed by atoms with Crippen LogP contribution >= 0.6 is 0 Å². The van der Waals surface area contributed by atoms with Crippen molar-refractivity contribution >= 4 is 70.9 Å². The van der Waals surface area contributed by atoms with Crippen LogP contribution in [-0.4, -0.2) is 5.84 Å². The van der Waals surface area contributed by atoms with Crippen molar-refractivity contribution in [3.05, 3.63) is 193 Å². The summed E-state index contributed by atoms with van der Waals surface area (Å²) < 4.78 is 6.20. The van der Waals surface area contributed by atoms with E-state index in [9.17, 15) is 0 Å². The summed E-state index contributed by atoms with van der Waals surface area (Å²) in [5.74, 6) is 0.873. The summed E-state index contributed by atoms with van der Waals surface area (Å²) in [5, 5.41) is 19.7. The van der Waals surface area contributed by atoms with Gasteiger partial charge in [-0.1, -0.05) is 140 Å². The number of rotatable bonds is 4. The van der Waals surface area contributed by atoms with E-state index in [1.165, 1.54) is 54.2 Å². The molecule has 250 valence electrons. The fourth-order valence-corrected chi connectivity index (χ4v) is 8.21. The highest BCUT2D eigenvalue weighted by Gasteiger charge is 2.26. The van der Waals surface area contributed by atoms with Crippen LogP contribution in [0.4, 0.5) is 0 Å². The Balaban J connectivity index is 0.988. The zero-order valence-electron chi connectivity index (χ0n) is 28.8. The lowest BCUT2D eigenvalue weighted by Gasteiger charge is -2.32. The van der Waals surface area contributed by atoms with Gasteiger partial charge in [0.2, 0.25) is 0 Å². The molecule has 0 fully saturated rings. The first-order valence-corrected chi connectivity index (χ1v) is 18.2. The summed E-state index contributed by atoms with van der Waals surface area (Å²) in [6, 6.07) is 63.0. The molecule has 0 amide bonds. The maximum Gasteiger partial charge on any atom is 0.136 e. The van der Waals surface area contributed by atoms with Gasteiger partial charge in [0.05, 0.1) is 0 Å². The maximum atomic E-state index is 6.20. The van der Waals surface area contributed by atoms with E-state index < -0.39 is 0 Å². The SMILES string of the molecule is c1ccc2cc(C3N=C(c4ccc5c(ccc6ccccc65)c4)NC(c4ccc5cc(-c6cccc7oc8ccccc8c67)ccc5c4)N3)ccc2c1. The summed E-state index contributed by atoms with van der Waals surface area (Å²) in [4.78, 5) is 5.31. The molecular formula is C49H33N3O. The van der Waals surface area contributed by atoms with E-state index in [1.54, 1.807) is 0 Å². The second kappa shape index (κ2) is 11.9. The first-order chi connectivity index (χ1) is 26.2. The molecule has 2 heterocycles. The number of nitrogens with one attached hydrogen (secondary N) is 2. The molecule has 1 aliphatic heterocycles. The average Bonchev–Trinajstić information content (AvgIpc) is 3.62. The van der Waals surface area contributed by atoms with Gasteiger partial charge in [0.25, 0.3) is 0 Å². The minimum atomic E-state index is -0.239. The van der Waals surface area contributed by atoms with E-state index in [4.69, 9.17) is 9.41 Å². The quantitative estimate of drug-likeness (QED) is 0.182. The molecule has 10 aromatic rings. The third-order valence-corrected chi connectivity index (χ3v) is 10.9. The van der Waals surface area contributed by atoms with E-state index in [1.807, 2.05) is 12.1 Å². The Labute approximate surface area is 306 Å². The number of para-hydroxylation sites is 1. The van der Waals surface area contributed by atoms with Crippen LogP contribution in [-0.2, 0) is 0 Å². The lowest BCUT2D eigenvalue weighted by Crippen LogP contribution is -2.44. The summed E-state index contributed by atoms with van der Waals surface area (Å²) in [7, 11) is 0. The van der Waals surface area contributed by atoms with E-state index >= 15 is 0 Å². The largest absolute Gasteiger partial charge is 0.456 e. The molecule has 4 nitrogen and oxygen atoms in total. The van der Waals surface area contributed by atoms with Crippen molar-refractivity contribution in [1.82, 2.24) is 10.6 Å². The third kappa shape index (κ3) is 5.07. The first kappa shape index (κ1) is 29.9. The normalized spacial score (nSPS) is 16.1. The summed E-state index contributed by atoms with van der Waals surface area (Å²) in [6.07, 6.45) is -0.405. The molecule has 53 heavy (non-hydrogen) atoms. The van der Waals surface area contributed by atoms with Crippen molar-refractivity contribution in [3.63, 3.8) is 0 Å². The van der Waals surface area contributed by atoms with Gasteiger partial charge in [-0.2, -0.15) is 0 Å². The van der Waals surface area contributed by atoms with Crippen molar-refractivity contribution in [2.24, 2.45) is 4.99 Å². The third-order valence-electron chi connectivity index (χ3n) is 10.9. The number of nitrogens with zero attached hydrogens (tertiary/aromatic N) is 1. The molecule has 0 spiro atoms. The Morgan fingerprint density at radius 1 is 0.434 bits per heavy atom. The van der Waals surface area contributed by atoms with Crippen molar-refractivity contribution in [3.8, 4) is 11.1 Å². The van der Waals surface area contributed by atoms with Crippen LogP contribution in [0.25, 0.3) is 76.2 Å². The predicted molar refractivity (Wildman–Crippen MR) is 220 cm³/mol. The first-order valence-electron chi connectivity index (χ1n) is 18.2. The fourth-order valence-electron chi connectivity index (χ4n) is 8.21. The molecule has 2 N–H and O–H groups in total. The van der Waals surface area contributed by atoms with Crippen LogP contribution in [0.3, 0.4) is 0 Å². The Morgan fingerprint density at radius 3 is 2.00 bits per heavy atom. The maximum absolute atomic E-state index is 6.20. The van der Waals surface area contributed by atoms with Crippen molar-refractivity contribution in [1.29, 1.82) is 0 Å². The Kier molecular flexibility index (Phi) is 6.73. The fraction of sp³-hybridized carbons (Fsp3) is 0.0408. The second-order valence-electron chi connectivity index (χ2n) is 14.1. The highest BCUT2D eigenvalue weighted by Crippen LogP contribution is 2.38. The minimum absolute atomic E-state index is 0.165. The van der Waals surface area contributed by atoms with Crippen LogP contribution in [0.2, 0.25) is 0 Å². The molecule has 4 heteroatoms. The minimum Gasteiger partial charge on any atom is -0.456 e. The van der Waals surface area contributed by atoms with Gasteiger partial charge in [0, 0.05) is 16.3 Å². The molecule has 0 saturated carbocycles. The number of fused-ring (bicyclic) bond motifs is 8. The average molecular weight is 680 g/mol. The zero-order chi connectivity index (χ0) is 34.9. The van der Waals surface area contributed by atoms with Crippen LogP contribution in [0.15, 0.2) is 185 Å². The molecule has 1 aliphatic rings. The predicted octanol–water partition coefficient (Wildman–Crippen LogP) is 12.2.